The summed E-state index contributed by atoms with van der Waals surface area (Å²) in [5.74, 6) is -0.475. The fourth-order valence-electron chi connectivity index (χ4n) is 1.40. The molecular weight excluding hydrogens is 246 g/mol. The van der Waals surface area contributed by atoms with E-state index in [1.807, 2.05) is 0 Å². The van der Waals surface area contributed by atoms with E-state index in [0.717, 1.165) is 0 Å². The number of halogens is 1. The van der Waals surface area contributed by atoms with Crippen LogP contribution < -0.4 is 5.32 Å². The van der Waals surface area contributed by atoms with Gasteiger partial charge in [-0.15, -0.1) is 0 Å². The fraction of sp³-hybridized carbons (Fsp3) is 0.182. The molecule has 0 amide bonds. The smallest absolute Gasteiger partial charge is 0.354 e. The van der Waals surface area contributed by atoms with Crippen LogP contribution in [0.4, 0.5) is 5.69 Å². The second-order valence-corrected chi connectivity index (χ2v) is 3.75. The van der Waals surface area contributed by atoms with Gasteiger partial charge in [-0.25, -0.2) is 4.79 Å². The Labute approximate surface area is 103 Å². The molecule has 0 bridgehead atoms. The first-order chi connectivity index (χ1) is 8.11. The highest BCUT2D eigenvalue weighted by Crippen LogP contribution is 2.27. The van der Waals surface area contributed by atoms with E-state index in [-0.39, 0.29) is 10.8 Å². The van der Waals surface area contributed by atoms with Crippen LogP contribution in [0.2, 0.25) is 0 Å². The second-order valence-electron chi connectivity index (χ2n) is 3.37. The molecule has 1 heterocycles. The lowest BCUT2D eigenvalue weighted by Gasteiger charge is -2.13. The summed E-state index contributed by atoms with van der Waals surface area (Å²) >= 11 is 5.80. The average molecular weight is 256 g/mol. The molecule has 0 aliphatic carbocycles. The van der Waals surface area contributed by atoms with Crippen molar-refractivity contribution >= 4 is 23.3 Å². The molecule has 1 aliphatic rings. The summed E-state index contributed by atoms with van der Waals surface area (Å²) < 4.78 is 9.82. The number of rotatable bonds is 3. The predicted molar refractivity (Wildman–Crippen MR) is 61.5 cm³/mol. The largest absolute Gasteiger partial charge is 0.508 e. The van der Waals surface area contributed by atoms with E-state index in [4.69, 9.17) is 26.2 Å². The second kappa shape index (κ2) is 4.65. The van der Waals surface area contributed by atoms with Crippen LogP contribution in [-0.2, 0) is 14.3 Å². The summed E-state index contributed by atoms with van der Waals surface area (Å²) in [6.45, 7) is 0. The molecule has 0 spiro atoms. The van der Waals surface area contributed by atoms with E-state index in [9.17, 15) is 4.79 Å². The summed E-state index contributed by atoms with van der Waals surface area (Å²) in [4.78, 5) is 11.2. The maximum atomic E-state index is 11.2. The van der Waals surface area contributed by atoms with Gasteiger partial charge in [0.2, 0.25) is 6.29 Å². The van der Waals surface area contributed by atoms with Gasteiger partial charge in [0, 0.05) is 12.8 Å². The summed E-state index contributed by atoms with van der Waals surface area (Å²) in [6, 6.07) is 6.30. The molecule has 5 nitrogen and oxygen atoms in total. The van der Waals surface area contributed by atoms with Crippen molar-refractivity contribution in [3.8, 4) is 5.75 Å². The minimum absolute atomic E-state index is 0.0371. The van der Waals surface area contributed by atoms with Crippen molar-refractivity contribution in [1.29, 1.82) is 0 Å². The van der Waals surface area contributed by atoms with Crippen LogP contribution in [-0.4, -0.2) is 24.5 Å². The lowest BCUT2D eigenvalue weighted by atomic mass is 10.3. The summed E-state index contributed by atoms with van der Waals surface area (Å²) in [5, 5.41) is 12.0. The van der Waals surface area contributed by atoms with Crippen LogP contribution in [0.5, 0.6) is 5.75 Å². The summed E-state index contributed by atoms with van der Waals surface area (Å²) in [7, 11) is 1.41. The third-order valence-electron chi connectivity index (χ3n) is 2.23. The van der Waals surface area contributed by atoms with Crippen LogP contribution in [0.3, 0.4) is 0 Å². The van der Waals surface area contributed by atoms with Crippen molar-refractivity contribution in [2.24, 2.45) is 0 Å². The number of nitrogens with one attached hydrogen (secondary N) is 1. The van der Waals surface area contributed by atoms with Crippen molar-refractivity contribution in [2.75, 3.05) is 12.4 Å². The first-order valence-corrected chi connectivity index (χ1v) is 5.19. The van der Waals surface area contributed by atoms with Gasteiger partial charge in [-0.3, -0.25) is 0 Å². The third-order valence-corrected chi connectivity index (χ3v) is 2.58. The number of carbonyl (C=O) groups is 1. The van der Waals surface area contributed by atoms with Crippen molar-refractivity contribution in [2.45, 2.75) is 6.29 Å². The molecule has 0 saturated heterocycles. The maximum Gasteiger partial charge on any atom is 0.354 e. The summed E-state index contributed by atoms with van der Waals surface area (Å²) in [6.07, 6.45) is -0.830. The van der Waals surface area contributed by atoms with Gasteiger partial charge >= 0.3 is 5.97 Å². The molecule has 0 unspecified atom stereocenters. The lowest BCUT2D eigenvalue weighted by Crippen LogP contribution is -2.18. The monoisotopic (exact) mass is 255 g/mol. The molecule has 1 aliphatic heterocycles. The third kappa shape index (κ3) is 2.35. The highest BCUT2D eigenvalue weighted by atomic mass is 35.5. The molecule has 0 radical (unpaired) electrons. The van der Waals surface area contributed by atoms with Crippen LogP contribution in [0, 0.1) is 0 Å². The minimum atomic E-state index is -0.830. The van der Waals surface area contributed by atoms with Gasteiger partial charge in [-0.05, 0) is 24.3 Å². The lowest BCUT2D eigenvalue weighted by molar-refractivity contribution is -0.155. The zero-order valence-corrected chi connectivity index (χ0v) is 9.69. The van der Waals surface area contributed by atoms with E-state index in [1.165, 1.54) is 19.2 Å². The molecule has 6 heteroatoms. The number of anilines is 1. The van der Waals surface area contributed by atoms with E-state index in [0.29, 0.717) is 11.4 Å². The number of aromatic hydroxyl groups is 1. The quantitative estimate of drug-likeness (QED) is 0.637. The van der Waals surface area contributed by atoms with E-state index < -0.39 is 12.3 Å². The zero-order valence-electron chi connectivity index (χ0n) is 8.94. The fourth-order valence-corrected chi connectivity index (χ4v) is 1.58. The SMILES string of the molecule is CO[C@@H]1OC(=O)C(Cl)=C1Nc1ccc(O)cc1. The number of benzene rings is 1. The Morgan fingerprint density at radius 1 is 1.41 bits per heavy atom. The standard InChI is InChI=1S/C11H10ClNO4/c1-16-11-9(8(12)10(15)17-11)13-6-2-4-7(14)5-3-6/h2-5,11,13-14H,1H3/t11-/m1/s1. The molecule has 0 saturated carbocycles. The first kappa shape index (κ1) is 11.8. The van der Waals surface area contributed by atoms with Crippen LogP contribution >= 0.6 is 11.6 Å². The number of ether oxygens (including phenoxy) is 2. The predicted octanol–water partition coefficient (Wildman–Crippen LogP) is 1.78. The Morgan fingerprint density at radius 2 is 2.06 bits per heavy atom. The van der Waals surface area contributed by atoms with Crippen molar-refractivity contribution in [1.82, 2.24) is 0 Å². The van der Waals surface area contributed by atoms with Gasteiger partial charge in [0.05, 0.1) is 0 Å². The van der Waals surface area contributed by atoms with Gasteiger partial charge in [-0.2, -0.15) is 0 Å². The van der Waals surface area contributed by atoms with Gasteiger partial charge in [0.25, 0.3) is 0 Å². The number of cyclic esters (lactones) is 1. The number of hydrogen-bond donors (Lipinski definition) is 2. The number of phenolic OH excluding ortho intramolecular Hbond substituents is 1. The minimum Gasteiger partial charge on any atom is -0.508 e. The highest BCUT2D eigenvalue weighted by Gasteiger charge is 2.33. The van der Waals surface area contributed by atoms with Crippen LogP contribution in [0.25, 0.3) is 0 Å². The molecule has 0 aromatic heterocycles. The number of methoxy groups -OCH3 is 1. The van der Waals surface area contributed by atoms with Crippen LogP contribution in [0.15, 0.2) is 35.0 Å². The van der Waals surface area contributed by atoms with Gasteiger partial charge < -0.3 is 19.9 Å². The molecule has 17 heavy (non-hydrogen) atoms. The summed E-state index contributed by atoms with van der Waals surface area (Å²) in [5.41, 5.74) is 1.01. The van der Waals surface area contributed by atoms with Crippen molar-refractivity contribution in [3.05, 3.63) is 35.0 Å². The number of hydrogen-bond acceptors (Lipinski definition) is 5. The number of phenols is 1. The van der Waals surface area contributed by atoms with Crippen molar-refractivity contribution in [3.63, 3.8) is 0 Å². The molecule has 1 aromatic carbocycles. The zero-order chi connectivity index (χ0) is 12.4. The molecular formula is C11H10ClNO4. The van der Waals surface area contributed by atoms with E-state index >= 15 is 0 Å². The van der Waals surface area contributed by atoms with Crippen LogP contribution in [0.1, 0.15) is 0 Å². The Balaban J connectivity index is 2.22. The molecule has 2 rings (SSSR count). The van der Waals surface area contributed by atoms with Gasteiger partial charge in [0.15, 0.2) is 5.03 Å². The highest BCUT2D eigenvalue weighted by molar-refractivity contribution is 6.42. The molecule has 0 fully saturated rings. The molecule has 1 aromatic rings. The van der Waals surface area contributed by atoms with E-state index in [1.54, 1.807) is 12.1 Å². The Hall–Kier alpha value is -1.72. The topological polar surface area (TPSA) is 67.8 Å². The molecule has 1 atom stereocenters. The van der Waals surface area contributed by atoms with Crippen molar-refractivity contribution < 1.29 is 19.4 Å². The molecule has 2 N–H and O–H groups in total. The normalized spacial score (nSPS) is 19.4. The van der Waals surface area contributed by atoms with Gasteiger partial charge in [0.1, 0.15) is 11.4 Å². The average Bonchev–Trinajstić information content (AvgIpc) is 2.59. The molecule has 90 valence electrons. The number of esters is 1. The van der Waals surface area contributed by atoms with E-state index in [2.05, 4.69) is 5.32 Å². The Bertz CT molecular complexity index is 469. The van der Waals surface area contributed by atoms with Gasteiger partial charge in [-0.1, -0.05) is 11.6 Å². The number of carbonyl (C=O) groups excluding carboxylic acids is 1. The first-order valence-electron chi connectivity index (χ1n) is 4.81. The Morgan fingerprint density at radius 3 is 2.65 bits per heavy atom. The maximum absolute atomic E-state index is 11.2. The Kier molecular flexibility index (Phi) is 3.21.